The lowest BCUT2D eigenvalue weighted by Gasteiger charge is -2.30. The molecule has 1 aliphatic heterocycles. The van der Waals surface area contributed by atoms with Crippen LogP contribution in [-0.2, 0) is 13.5 Å². The van der Waals surface area contributed by atoms with Crippen molar-refractivity contribution in [2.24, 2.45) is 13.0 Å². The Morgan fingerprint density at radius 1 is 1.52 bits per heavy atom. The number of hydrogen-bond donors (Lipinski definition) is 1. The van der Waals surface area contributed by atoms with Gasteiger partial charge in [0.1, 0.15) is 5.69 Å². The molecular weight excluding hydrogens is 270 g/mol. The van der Waals surface area contributed by atoms with E-state index in [-0.39, 0.29) is 10.6 Å². The molecule has 21 heavy (non-hydrogen) atoms. The smallest absolute Gasteiger partial charge is 0.334 e. The molecule has 1 unspecified atom stereocenters. The second-order valence-electron chi connectivity index (χ2n) is 5.60. The average Bonchev–Trinajstić information content (AvgIpc) is 2.82. The lowest BCUT2D eigenvalue weighted by atomic mass is 9.99. The van der Waals surface area contributed by atoms with E-state index in [2.05, 4.69) is 15.3 Å². The first kappa shape index (κ1) is 15.8. The van der Waals surface area contributed by atoms with Crippen molar-refractivity contribution in [3.05, 3.63) is 15.8 Å². The Balaban J connectivity index is 2.28. The van der Waals surface area contributed by atoms with Crippen LogP contribution in [0.2, 0.25) is 0 Å². The summed E-state index contributed by atoms with van der Waals surface area (Å²) < 4.78 is 1.66. The molecule has 1 saturated heterocycles. The molecular formula is C14H25N5O2. The molecule has 0 saturated carbocycles. The summed E-state index contributed by atoms with van der Waals surface area (Å²) in [6, 6.07) is 0. The van der Waals surface area contributed by atoms with Gasteiger partial charge in [-0.05, 0) is 45.2 Å². The SMILES string of the molecule is CCc1nn(C)c(N(CC)CC2CCCNC2)c1[N+](=O)[O-]. The van der Waals surface area contributed by atoms with Crippen LogP contribution in [0.1, 0.15) is 32.4 Å². The van der Waals surface area contributed by atoms with E-state index in [1.807, 2.05) is 13.8 Å². The number of hydrogen-bond acceptors (Lipinski definition) is 5. The first-order chi connectivity index (χ1) is 10.1. The molecule has 7 heteroatoms. The van der Waals surface area contributed by atoms with Crippen LogP contribution in [0, 0.1) is 16.0 Å². The van der Waals surface area contributed by atoms with E-state index >= 15 is 0 Å². The molecule has 118 valence electrons. The van der Waals surface area contributed by atoms with Gasteiger partial charge in [-0.15, -0.1) is 0 Å². The minimum absolute atomic E-state index is 0.172. The van der Waals surface area contributed by atoms with E-state index in [1.54, 1.807) is 11.7 Å². The number of nitrogens with zero attached hydrogens (tertiary/aromatic N) is 4. The van der Waals surface area contributed by atoms with Gasteiger partial charge < -0.3 is 10.2 Å². The minimum atomic E-state index is -0.289. The number of nitro groups is 1. The molecule has 7 nitrogen and oxygen atoms in total. The van der Waals surface area contributed by atoms with Crippen LogP contribution in [-0.4, -0.2) is 40.9 Å². The van der Waals surface area contributed by atoms with Crippen molar-refractivity contribution in [2.75, 3.05) is 31.1 Å². The van der Waals surface area contributed by atoms with Gasteiger partial charge >= 0.3 is 5.69 Å². The molecule has 2 rings (SSSR count). The number of anilines is 1. The van der Waals surface area contributed by atoms with Crippen LogP contribution in [0.5, 0.6) is 0 Å². The quantitative estimate of drug-likeness (QED) is 0.639. The van der Waals surface area contributed by atoms with Gasteiger partial charge in [-0.1, -0.05) is 6.92 Å². The third-order valence-corrected chi connectivity index (χ3v) is 4.14. The Labute approximate surface area is 125 Å². The van der Waals surface area contributed by atoms with Crippen molar-refractivity contribution in [3.8, 4) is 0 Å². The first-order valence-electron chi connectivity index (χ1n) is 7.74. The molecule has 0 radical (unpaired) electrons. The van der Waals surface area contributed by atoms with Gasteiger partial charge in [0.25, 0.3) is 0 Å². The maximum atomic E-state index is 11.4. The molecule has 2 heterocycles. The van der Waals surface area contributed by atoms with Crippen molar-refractivity contribution in [1.82, 2.24) is 15.1 Å². The molecule has 1 atom stereocenters. The molecule has 0 amide bonds. The van der Waals surface area contributed by atoms with E-state index in [4.69, 9.17) is 0 Å². The summed E-state index contributed by atoms with van der Waals surface area (Å²) in [7, 11) is 1.79. The zero-order chi connectivity index (χ0) is 15.4. The van der Waals surface area contributed by atoms with Gasteiger partial charge in [0.2, 0.25) is 5.82 Å². The Kier molecular flexibility index (Phi) is 5.17. The lowest BCUT2D eigenvalue weighted by Crippen LogP contribution is -2.39. The zero-order valence-electron chi connectivity index (χ0n) is 13.1. The number of aromatic nitrogens is 2. The number of aryl methyl sites for hydroxylation is 2. The van der Waals surface area contributed by atoms with E-state index < -0.39 is 0 Å². The van der Waals surface area contributed by atoms with Crippen LogP contribution >= 0.6 is 0 Å². The highest BCUT2D eigenvalue weighted by Gasteiger charge is 2.30. The summed E-state index contributed by atoms with van der Waals surface area (Å²) in [6.45, 7) is 7.60. The Hall–Kier alpha value is -1.63. The molecule has 1 N–H and O–H groups in total. The molecule has 0 spiro atoms. The third-order valence-electron chi connectivity index (χ3n) is 4.14. The maximum Gasteiger partial charge on any atom is 0.334 e. The predicted molar refractivity (Wildman–Crippen MR) is 82.7 cm³/mol. The highest BCUT2D eigenvalue weighted by Crippen LogP contribution is 2.32. The van der Waals surface area contributed by atoms with Gasteiger partial charge in [0, 0.05) is 20.1 Å². The molecule has 1 aliphatic rings. The third kappa shape index (κ3) is 3.34. The van der Waals surface area contributed by atoms with Gasteiger partial charge in [0.15, 0.2) is 0 Å². The van der Waals surface area contributed by atoms with E-state index in [1.165, 1.54) is 12.8 Å². The van der Waals surface area contributed by atoms with Crippen LogP contribution in [0.15, 0.2) is 0 Å². The second kappa shape index (κ2) is 6.89. The normalized spacial score (nSPS) is 18.7. The summed E-state index contributed by atoms with van der Waals surface area (Å²) >= 11 is 0. The van der Waals surface area contributed by atoms with Crippen molar-refractivity contribution in [1.29, 1.82) is 0 Å². The number of rotatable bonds is 6. The largest absolute Gasteiger partial charge is 0.351 e. The van der Waals surface area contributed by atoms with Crippen molar-refractivity contribution >= 4 is 11.5 Å². The minimum Gasteiger partial charge on any atom is -0.351 e. The van der Waals surface area contributed by atoms with Gasteiger partial charge in [-0.3, -0.25) is 10.1 Å². The molecule has 1 aromatic heterocycles. The van der Waals surface area contributed by atoms with Gasteiger partial charge in [-0.2, -0.15) is 5.10 Å². The number of piperidine rings is 1. The molecule has 0 aromatic carbocycles. The monoisotopic (exact) mass is 295 g/mol. The molecule has 1 fully saturated rings. The van der Waals surface area contributed by atoms with Crippen LogP contribution < -0.4 is 10.2 Å². The Bertz CT molecular complexity index is 494. The van der Waals surface area contributed by atoms with Crippen LogP contribution in [0.25, 0.3) is 0 Å². The van der Waals surface area contributed by atoms with Gasteiger partial charge in [0.05, 0.1) is 4.92 Å². The van der Waals surface area contributed by atoms with Crippen LogP contribution in [0.4, 0.5) is 11.5 Å². The lowest BCUT2D eigenvalue weighted by molar-refractivity contribution is -0.384. The van der Waals surface area contributed by atoms with Gasteiger partial charge in [-0.25, -0.2) is 4.68 Å². The van der Waals surface area contributed by atoms with E-state index in [9.17, 15) is 10.1 Å². The Morgan fingerprint density at radius 2 is 2.29 bits per heavy atom. The first-order valence-corrected chi connectivity index (χ1v) is 7.74. The van der Waals surface area contributed by atoms with Crippen molar-refractivity contribution in [2.45, 2.75) is 33.1 Å². The summed E-state index contributed by atoms with van der Waals surface area (Å²) in [5.74, 6) is 1.18. The fourth-order valence-corrected chi connectivity index (χ4v) is 3.09. The molecule has 0 bridgehead atoms. The second-order valence-corrected chi connectivity index (χ2v) is 5.60. The zero-order valence-corrected chi connectivity index (χ0v) is 13.1. The summed E-state index contributed by atoms with van der Waals surface area (Å²) in [5.41, 5.74) is 0.739. The summed E-state index contributed by atoms with van der Waals surface area (Å²) in [6.07, 6.45) is 2.93. The van der Waals surface area contributed by atoms with Crippen molar-refractivity contribution in [3.63, 3.8) is 0 Å². The van der Waals surface area contributed by atoms with Crippen molar-refractivity contribution < 1.29 is 4.92 Å². The maximum absolute atomic E-state index is 11.4. The summed E-state index contributed by atoms with van der Waals surface area (Å²) in [4.78, 5) is 13.3. The molecule has 1 aromatic rings. The topological polar surface area (TPSA) is 76.2 Å². The molecule has 0 aliphatic carbocycles. The highest BCUT2D eigenvalue weighted by molar-refractivity contribution is 5.61. The Morgan fingerprint density at radius 3 is 2.81 bits per heavy atom. The average molecular weight is 295 g/mol. The fraction of sp³-hybridized carbons (Fsp3) is 0.786. The van der Waals surface area contributed by atoms with E-state index in [0.29, 0.717) is 23.9 Å². The predicted octanol–water partition coefficient (Wildman–Crippen LogP) is 1.72. The van der Waals surface area contributed by atoms with Crippen LogP contribution in [0.3, 0.4) is 0 Å². The fourth-order valence-electron chi connectivity index (χ4n) is 3.09. The standard InChI is InChI=1S/C14H25N5O2/c1-4-12-13(19(20)21)14(17(3)16-12)18(5-2)10-11-7-6-8-15-9-11/h11,15H,4-10H2,1-3H3. The van der Waals surface area contributed by atoms with E-state index in [0.717, 1.165) is 26.2 Å². The number of nitrogens with one attached hydrogen (secondary N) is 1. The highest BCUT2D eigenvalue weighted by atomic mass is 16.6. The summed E-state index contributed by atoms with van der Waals surface area (Å²) in [5, 5.41) is 19.2.